The number of carboxylic acid groups (broad SMARTS) is 1. The van der Waals surface area contributed by atoms with Crippen LogP contribution in [0, 0.1) is 0 Å². The van der Waals surface area contributed by atoms with Crippen LogP contribution in [0.3, 0.4) is 0 Å². The van der Waals surface area contributed by atoms with E-state index in [4.69, 9.17) is 9.84 Å². The van der Waals surface area contributed by atoms with Gasteiger partial charge in [-0.05, 0) is 18.4 Å². The maximum Gasteiger partial charge on any atom is 0.410 e. The summed E-state index contributed by atoms with van der Waals surface area (Å²) >= 11 is 0. The van der Waals surface area contributed by atoms with Crippen LogP contribution in [-0.2, 0) is 9.53 Å². The molecule has 0 atom stereocenters. The van der Waals surface area contributed by atoms with Crippen LogP contribution >= 0.6 is 0 Å². The molecule has 1 fully saturated rings. The van der Waals surface area contributed by atoms with Crippen molar-refractivity contribution < 1.29 is 23.8 Å². The SMILES string of the molecule is C=CCOC(=O)N1CCC(=C(F)C(=O)O)CC1. The van der Waals surface area contributed by atoms with Gasteiger partial charge in [-0.2, -0.15) is 4.39 Å². The molecule has 1 rings (SSSR count). The van der Waals surface area contributed by atoms with Gasteiger partial charge in [-0.25, -0.2) is 9.59 Å². The molecule has 0 aliphatic carbocycles. The Morgan fingerprint density at radius 3 is 2.53 bits per heavy atom. The van der Waals surface area contributed by atoms with E-state index in [1.165, 1.54) is 11.0 Å². The first-order chi connectivity index (χ1) is 8.06. The van der Waals surface area contributed by atoms with Crippen molar-refractivity contribution in [2.45, 2.75) is 12.8 Å². The Morgan fingerprint density at radius 1 is 1.47 bits per heavy atom. The van der Waals surface area contributed by atoms with Crippen molar-refractivity contribution >= 4 is 12.1 Å². The number of hydrogen-bond donors (Lipinski definition) is 1. The van der Waals surface area contributed by atoms with E-state index >= 15 is 0 Å². The molecular weight excluding hydrogens is 229 g/mol. The van der Waals surface area contributed by atoms with E-state index in [1.807, 2.05) is 0 Å². The summed E-state index contributed by atoms with van der Waals surface area (Å²) in [6.45, 7) is 4.08. The Bertz CT molecular complexity index is 354. The van der Waals surface area contributed by atoms with Gasteiger partial charge in [0, 0.05) is 13.1 Å². The minimum atomic E-state index is -1.55. The van der Waals surface area contributed by atoms with E-state index in [-0.39, 0.29) is 38.1 Å². The molecule has 0 bridgehead atoms. The Kier molecular flexibility index (Phi) is 4.68. The second kappa shape index (κ2) is 6.03. The van der Waals surface area contributed by atoms with Gasteiger partial charge in [0.15, 0.2) is 0 Å². The minimum absolute atomic E-state index is 0.127. The van der Waals surface area contributed by atoms with Gasteiger partial charge < -0.3 is 14.7 Å². The van der Waals surface area contributed by atoms with Crippen molar-refractivity contribution in [3.05, 3.63) is 24.1 Å². The predicted molar refractivity (Wildman–Crippen MR) is 58.1 cm³/mol. The van der Waals surface area contributed by atoms with Crippen LogP contribution in [0.1, 0.15) is 12.8 Å². The molecule has 0 unspecified atom stereocenters. The molecular formula is C11H14FNO4. The number of carbonyl (C=O) groups excluding carboxylic acids is 1. The highest BCUT2D eigenvalue weighted by Crippen LogP contribution is 2.21. The van der Waals surface area contributed by atoms with Crippen LogP contribution in [0.4, 0.5) is 9.18 Å². The van der Waals surface area contributed by atoms with Crippen molar-refractivity contribution in [2.24, 2.45) is 0 Å². The molecule has 1 aliphatic rings. The molecule has 6 heteroatoms. The lowest BCUT2D eigenvalue weighted by Gasteiger charge is -2.27. The number of aliphatic carboxylic acids is 1. The number of likely N-dealkylation sites (tertiary alicyclic amines) is 1. The number of nitrogens with zero attached hydrogens (tertiary/aromatic N) is 1. The summed E-state index contributed by atoms with van der Waals surface area (Å²) in [5.74, 6) is -2.66. The van der Waals surface area contributed by atoms with Gasteiger partial charge in [-0.15, -0.1) is 0 Å². The third-order valence-corrected chi connectivity index (χ3v) is 2.45. The standard InChI is InChI=1S/C11H14FNO4/c1-2-7-17-11(16)13-5-3-8(4-6-13)9(12)10(14)15/h2H,1,3-7H2,(H,14,15). The molecule has 0 spiro atoms. The average Bonchev–Trinajstić information content (AvgIpc) is 2.35. The van der Waals surface area contributed by atoms with Crippen molar-refractivity contribution in [3.8, 4) is 0 Å². The van der Waals surface area contributed by atoms with Crippen LogP contribution in [0.25, 0.3) is 0 Å². The summed E-state index contributed by atoms with van der Waals surface area (Å²) < 4.78 is 17.9. The van der Waals surface area contributed by atoms with Crippen molar-refractivity contribution in [1.82, 2.24) is 4.90 Å². The summed E-state index contributed by atoms with van der Waals surface area (Å²) in [7, 11) is 0. The van der Waals surface area contributed by atoms with E-state index in [2.05, 4.69) is 6.58 Å². The molecule has 17 heavy (non-hydrogen) atoms. The van der Waals surface area contributed by atoms with E-state index in [0.29, 0.717) is 0 Å². The van der Waals surface area contributed by atoms with E-state index in [1.54, 1.807) is 0 Å². The van der Waals surface area contributed by atoms with Crippen LogP contribution in [0.2, 0.25) is 0 Å². The molecule has 94 valence electrons. The monoisotopic (exact) mass is 243 g/mol. The molecule has 0 radical (unpaired) electrons. The second-order valence-corrected chi connectivity index (χ2v) is 3.58. The topological polar surface area (TPSA) is 66.8 Å². The normalized spacial score (nSPS) is 15.4. The van der Waals surface area contributed by atoms with Crippen molar-refractivity contribution in [2.75, 3.05) is 19.7 Å². The zero-order valence-corrected chi connectivity index (χ0v) is 9.32. The Balaban J connectivity index is 2.51. The first kappa shape index (κ1) is 13.2. The van der Waals surface area contributed by atoms with Gasteiger partial charge in [0.05, 0.1) is 0 Å². The van der Waals surface area contributed by atoms with Crippen LogP contribution < -0.4 is 0 Å². The van der Waals surface area contributed by atoms with E-state index in [9.17, 15) is 14.0 Å². The molecule has 5 nitrogen and oxygen atoms in total. The lowest BCUT2D eigenvalue weighted by Crippen LogP contribution is -2.37. The predicted octanol–water partition coefficient (Wildman–Crippen LogP) is 1.71. The minimum Gasteiger partial charge on any atom is -0.476 e. The number of hydrogen-bond acceptors (Lipinski definition) is 3. The number of ether oxygens (including phenoxy) is 1. The maximum absolute atomic E-state index is 13.1. The Hall–Kier alpha value is -1.85. The van der Waals surface area contributed by atoms with Crippen LogP contribution in [-0.4, -0.2) is 41.8 Å². The number of piperidine rings is 1. The number of carboxylic acids is 1. The third-order valence-electron chi connectivity index (χ3n) is 2.45. The molecule has 1 heterocycles. The Labute approximate surface area is 98.2 Å². The number of carbonyl (C=O) groups is 2. The fourth-order valence-electron chi connectivity index (χ4n) is 1.55. The molecule has 0 aromatic heterocycles. The summed E-state index contributed by atoms with van der Waals surface area (Å²) in [6, 6.07) is 0. The summed E-state index contributed by atoms with van der Waals surface area (Å²) in [4.78, 5) is 23.2. The average molecular weight is 243 g/mol. The van der Waals surface area contributed by atoms with Gasteiger partial charge in [-0.3, -0.25) is 0 Å². The number of rotatable bonds is 3. The number of halogens is 1. The molecule has 0 aromatic carbocycles. The first-order valence-electron chi connectivity index (χ1n) is 5.19. The third kappa shape index (κ3) is 3.58. The fourth-order valence-corrected chi connectivity index (χ4v) is 1.55. The summed E-state index contributed by atoms with van der Waals surface area (Å²) in [5.41, 5.74) is 0.241. The smallest absolute Gasteiger partial charge is 0.410 e. The zero-order valence-electron chi connectivity index (χ0n) is 9.32. The zero-order chi connectivity index (χ0) is 12.8. The van der Waals surface area contributed by atoms with Crippen LogP contribution in [0.5, 0.6) is 0 Å². The van der Waals surface area contributed by atoms with Gasteiger partial charge in [-0.1, -0.05) is 12.7 Å². The molecule has 1 N–H and O–H groups in total. The van der Waals surface area contributed by atoms with Crippen molar-refractivity contribution in [3.63, 3.8) is 0 Å². The first-order valence-corrected chi connectivity index (χ1v) is 5.19. The van der Waals surface area contributed by atoms with Crippen molar-refractivity contribution in [1.29, 1.82) is 0 Å². The largest absolute Gasteiger partial charge is 0.476 e. The lowest BCUT2D eigenvalue weighted by atomic mass is 10.0. The highest BCUT2D eigenvalue weighted by molar-refractivity contribution is 5.85. The molecule has 0 saturated carbocycles. The Morgan fingerprint density at radius 2 is 2.06 bits per heavy atom. The van der Waals surface area contributed by atoms with Gasteiger partial charge in [0.1, 0.15) is 6.61 Å². The summed E-state index contributed by atoms with van der Waals surface area (Å²) in [5, 5.41) is 8.48. The van der Waals surface area contributed by atoms with E-state index < -0.39 is 17.9 Å². The quantitative estimate of drug-likeness (QED) is 0.605. The van der Waals surface area contributed by atoms with Crippen LogP contribution in [0.15, 0.2) is 24.1 Å². The highest BCUT2D eigenvalue weighted by atomic mass is 19.1. The molecule has 1 amide bonds. The van der Waals surface area contributed by atoms with E-state index in [0.717, 1.165) is 0 Å². The lowest BCUT2D eigenvalue weighted by molar-refractivity contribution is -0.134. The molecule has 0 aromatic rings. The summed E-state index contributed by atoms with van der Waals surface area (Å²) in [6.07, 6.45) is 1.42. The fraction of sp³-hybridized carbons (Fsp3) is 0.455. The van der Waals surface area contributed by atoms with Gasteiger partial charge >= 0.3 is 12.1 Å². The maximum atomic E-state index is 13.1. The van der Waals surface area contributed by atoms with Gasteiger partial charge in [0.25, 0.3) is 0 Å². The highest BCUT2D eigenvalue weighted by Gasteiger charge is 2.23. The molecule has 1 saturated heterocycles. The molecule has 1 aliphatic heterocycles. The number of amides is 1. The van der Waals surface area contributed by atoms with Gasteiger partial charge in [0.2, 0.25) is 5.83 Å². The second-order valence-electron chi connectivity index (χ2n) is 3.58.